The molecule has 0 bridgehead atoms. The number of piperazine rings is 1. The molecule has 0 N–H and O–H groups in total. The lowest BCUT2D eigenvalue weighted by Crippen LogP contribution is -2.51. The lowest BCUT2D eigenvalue weighted by Gasteiger charge is -2.35. The molecule has 0 aliphatic carbocycles. The SMILES string of the molecule is CC(=O)N1CCN(C(=O)CN(C)Cc2ccc(Cl)c(Cl)c2)CC1. The van der Waals surface area contributed by atoms with Crippen molar-refractivity contribution in [3.63, 3.8) is 0 Å². The maximum Gasteiger partial charge on any atom is 0.236 e. The molecule has 1 aliphatic rings. The highest BCUT2D eigenvalue weighted by atomic mass is 35.5. The zero-order valence-electron chi connectivity index (χ0n) is 13.4. The highest BCUT2D eigenvalue weighted by Gasteiger charge is 2.22. The number of hydrogen-bond acceptors (Lipinski definition) is 3. The molecular formula is C16H21Cl2N3O2. The molecule has 1 saturated heterocycles. The molecule has 2 rings (SSSR count). The van der Waals surface area contributed by atoms with Crippen LogP contribution in [0.4, 0.5) is 0 Å². The number of rotatable bonds is 4. The van der Waals surface area contributed by atoms with E-state index in [9.17, 15) is 9.59 Å². The first-order chi connectivity index (χ1) is 10.9. The summed E-state index contributed by atoms with van der Waals surface area (Å²) in [5.74, 6) is 0.143. The number of nitrogens with zero attached hydrogens (tertiary/aromatic N) is 3. The Kier molecular flexibility index (Phi) is 6.27. The normalized spacial score (nSPS) is 15.2. The molecule has 7 heteroatoms. The average Bonchev–Trinajstić information content (AvgIpc) is 2.51. The molecule has 23 heavy (non-hydrogen) atoms. The van der Waals surface area contributed by atoms with Crippen LogP contribution in [-0.2, 0) is 16.1 Å². The van der Waals surface area contributed by atoms with Gasteiger partial charge in [0.05, 0.1) is 16.6 Å². The molecule has 1 fully saturated rings. The molecule has 0 unspecified atom stereocenters. The van der Waals surface area contributed by atoms with E-state index in [0.29, 0.717) is 49.3 Å². The van der Waals surface area contributed by atoms with E-state index in [0.717, 1.165) is 5.56 Å². The summed E-state index contributed by atoms with van der Waals surface area (Å²) in [4.78, 5) is 29.2. The van der Waals surface area contributed by atoms with Crippen LogP contribution in [-0.4, -0.2) is 66.3 Å². The van der Waals surface area contributed by atoms with Crippen molar-refractivity contribution in [2.45, 2.75) is 13.5 Å². The van der Waals surface area contributed by atoms with Crippen LogP contribution < -0.4 is 0 Å². The molecule has 1 aliphatic heterocycles. The smallest absolute Gasteiger partial charge is 0.236 e. The van der Waals surface area contributed by atoms with Gasteiger partial charge in [-0.3, -0.25) is 14.5 Å². The van der Waals surface area contributed by atoms with Crippen molar-refractivity contribution >= 4 is 35.0 Å². The Labute approximate surface area is 146 Å². The third kappa shape index (κ3) is 5.09. The van der Waals surface area contributed by atoms with Gasteiger partial charge in [-0.25, -0.2) is 0 Å². The Bertz CT molecular complexity index is 587. The van der Waals surface area contributed by atoms with Gasteiger partial charge < -0.3 is 9.80 Å². The van der Waals surface area contributed by atoms with Crippen LogP contribution in [0.5, 0.6) is 0 Å². The number of likely N-dealkylation sites (N-methyl/N-ethyl adjacent to an activating group) is 1. The highest BCUT2D eigenvalue weighted by molar-refractivity contribution is 6.42. The summed E-state index contributed by atoms with van der Waals surface area (Å²) in [6.07, 6.45) is 0. The predicted molar refractivity (Wildman–Crippen MR) is 91.6 cm³/mol. The first-order valence-corrected chi connectivity index (χ1v) is 8.28. The molecule has 2 amide bonds. The lowest BCUT2D eigenvalue weighted by molar-refractivity contribution is -0.139. The van der Waals surface area contributed by atoms with Gasteiger partial charge in [-0.05, 0) is 24.7 Å². The van der Waals surface area contributed by atoms with Crippen LogP contribution >= 0.6 is 23.2 Å². The topological polar surface area (TPSA) is 43.9 Å². The van der Waals surface area contributed by atoms with Crippen LogP contribution in [0.15, 0.2) is 18.2 Å². The molecule has 0 atom stereocenters. The van der Waals surface area contributed by atoms with E-state index in [1.165, 1.54) is 0 Å². The molecule has 0 aromatic heterocycles. The molecule has 1 aromatic carbocycles. The van der Waals surface area contributed by atoms with Crippen LogP contribution in [0.25, 0.3) is 0 Å². The van der Waals surface area contributed by atoms with E-state index in [4.69, 9.17) is 23.2 Å². The van der Waals surface area contributed by atoms with Gasteiger partial charge in [0.15, 0.2) is 0 Å². The fourth-order valence-corrected chi connectivity index (χ4v) is 2.93. The van der Waals surface area contributed by atoms with Crippen LogP contribution in [0.2, 0.25) is 10.0 Å². The number of amides is 2. The molecule has 5 nitrogen and oxygen atoms in total. The minimum atomic E-state index is 0.0637. The van der Waals surface area contributed by atoms with Crippen molar-refractivity contribution in [3.05, 3.63) is 33.8 Å². The van der Waals surface area contributed by atoms with Crippen molar-refractivity contribution in [1.29, 1.82) is 0 Å². The van der Waals surface area contributed by atoms with Gasteiger partial charge >= 0.3 is 0 Å². The van der Waals surface area contributed by atoms with Crippen molar-refractivity contribution in [2.24, 2.45) is 0 Å². The van der Waals surface area contributed by atoms with Gasteiger partial charge in [-0.15, -0.1) is 0 Å². The molecule has 0 saturated carbocycles. The van der Waals surface area contributed by atoms with E-state index in [1.807, 2.05) is 29.0 Å². The quantitative estimate of drug-likeness (QED) is 0.828. The Morgan fingerprint density at radius 2 is 1.70 bits per heavy atom. The minimum Gasteiger partial charge on any atom is -0.339 e. The fourth-order valence-electron chi connectivity index (χ4n) is 2.61. The molecule has 0 radical (unpaired) electrons. The zero-order chi connectivity index (χ0) is 17.0. The zero-order valence-corrected chi connectivity index (χ0v) is 14.9. The van der Waals surface area contributed by atoms with Crippen molar-refractivity contribution in [1.82, 2.24) is 14.7 Å². The predicted octanol–water partition coefficient (Wildman–Crippen LogP) is 2.12. The summed E-state index contributed by atoms with van der Waals surface area (Å²) in [5, 5.41) is 1.04. The number of hydrogen-bond donors (Lipinski definition) is 0. The second kappa shape index (κ2) is 7.99. The van der Waals surface area contributed by atoms with Gasteiger partial charge in [0.1, 0.15) is 0 Å². The van der Waals surface area contributed by atoms with Crippen LogP contribution in [0, 0.1) is 0 Å². The maximum absolute atomic E-state index is 12.3. The summed E-state index contributed by atoms with van der Waals surface area (Å²) in [6.45, 7) is 4.92. The number of carbonyl (C=O) groups is 2. The second-order valence-corrected chi connectivity index (χ2v) is 6.62. The van der Waals surface area contributed by atoms with Gasteiger partial charge in [0, 0.05) is 39.6 Å². The third-order valence-electron chi connectivity index (χ3n) is 3.92. The number of carbonyl (C=O) groups excluding carboxylic acids is 2. The Balaban J connectivity index is 1.83. The summed E-state index contributed by atoms with van der Waals surface area (Å²) < 4.78 is 0. The lowest BCUT2D eigenvalue weighted by atomic mass is 10.2. The van der Waals surface area contributed by atoms with Crippen molar-refractivity contribution < 1.29 is 9.59 Å². The van der Waals surface area contributed by atoms with Gasteiger partial charge in [-0.2, -0.15) is 0 Å². The Hall–Kier alpha value is -1.30. The number of halogens is 2. The highest BCUT2D eigenvalue weighted by Crippen LogP contribution is 2.23. The standard InChI is InChI=1S/C16H21Cl2N3O2/c1-12(22)20-5-7-21(8-6-20)16(23)11-19(2)10-13-3-4-14(17)15(18)9-13/h3-4,9H,5-8,10-11H2,1-2H3. The van der Waals surface area contributed by atoms with E-state index in [-0.39, 0.29) is 11.8 Å². The van der Waals surface area contributed by atoms with E-state index in [1.54, 1.807) is 17.9 Å². The largest absolute Gasteiger partial charge is 0.339 e. The van der Waals surface area contributed by atoms with Gasteiger partial charge in [0.25, 0.3) is 0 Å². The van der Waals surface area contributed by atoms with E-state index in [2.05, 4.69) is 0 Å². The Morgan fingerprint density at radius 3 is 2.26 bits per heavy atom. The summed E-state index contributed by atoms with van der Waals surface area (Å²) in [7, 11) is 1.90. The molecule has 1 heterocycles. The van der Waals surface area contributed by atoms with Crippen molar-refractivity contribution in [3.8, 4) is 0 Å². The van der Waals surface area contributed by atoms with Crippen LogP contribution in [0.3, 0.4) is 0 Å². The average molecular weight is 358 g/mol. The summed E-state index contributed by atoms with van der Waals surface area (Å²) >= 11 is 11.9. The van der Waals surface area contributed by atoms with Crippen LogP contribution in [0.1, 0.15) is 12.5 Å². The fraction of sp³-hybridized carbons (Fsp3) is 0.500. The first kappa shape index (κ1) is 18.0. The number of benzene rings is 1. The van der Waals surface area contributed by atoms with E-state index >= 15 is 0 Å². The summed E-state index contributed by atoms with van der Waals surface area (Å²) in [5.41, 5.74) is 1.01. The van der Waals surface area contributed by atoms with Crippen molar-refractivity contribution in [2.75, 3.05) is 39.8 Å². The van der Waals surface area contributed by atoms with Gasteiger partial charge in [0.2, 0.25) is 11.8 Å². The first-order valence-electron chi connectivity index (χ1n) is 7.52. The second-order valence-electron chi connectivity index (χ2n) is 5.81. The molecule has 0 spiro atoms. The monoisotopic (exact) mass is 357 g/mol. The minimum absolute atomic E-state index is 0.0637. The maximum atomic E-state index is 12.3. The Morgan fingerprint density at radius 1 is 1.09 bits per heavy atom. The third-order valence-corrected chi connectivity index (χ3v) is 4.66. The summed E-state index contributed by atoms with van der Waals surface area (Å²) in [6, 6.07) is 5.48. The van der Waals surface area contributed by atoms with Gasteiger partial charge in [-0.1, -0.05) is 29.3 Å². The van der Waals surface area contributed by atoms with E-state index < -0.39 is 0 Å². The molecule has 126 valence electrons. The molecular weight excluding hydrogens is 337 g/mol. The molecule has 1 aromatic rings.